The van der Waals surface area contributed by atoms with E-state index in [0.29, 0.717) is 12.8 Å². The molecule has 0 saturated carbocycles. The van der Waals surface area contributed by atoms with Crippen molar-refractivity contribution in [3.63, 3.8) is 0 Å². The number of hydrogen-bond acceptors (Lipinski definition) is 8. The molecule has 0 aliphatic carbocycles. The molecule has 8 atom stereocenters. The Labute approximate surface area is 211 Å². The third kappa shape index (κ3) is 8.00. The van der Waals surface area contributed by atoms with Crippen molar-refractivity contribution in [2.45, 2.75) is 100 Å². The quantitative estimate of drug-likeness (QED) is 0.345. The second-order valence-electron chi connectivity index (χ2n) is 9.89. The molecule has 0 aromatic carbocycles. The van der Waals surface area contributed by atoms with Crippen molar-refractivity contribution >= 4 is 11.8 Å². The molecule has 1 saturated heterocycles. The van der Waals surface area contributed by atoms with E-state index in [1.54, 1.807) is 12.2 Å². The van der Waals surface area contributed by atoms with E-state index < -0.39 is 36.5 Å². The molecule has 8 nitrogen and oxygen atoms in total. The summed E-state index contributed by atoms with van der Waals surface area (Å²) in [5.41, 5.74) is 0.964. The zero-order valence-electron chi connectivity index (χ0n) is 20.4. The molecule has 196 valence electrons. The molecule has 0 amide bonds. The number of cyclic esters (lactones) is 1. The van der Waals surface area contributed by atoms with Crippen LogP contribution in [0.25, 0.3) is 0 Å². The second kappa shape index (κ2) is 12.6. The average Bonchev–Trinajstić information content (AvgIpc) is 3.61. The highest BCUT2D eigenvalue weighted by atomic mass is 16.6. The first-order chi connectivity index (χ1) is 17.4. The Balaban J connectivity index is 1.43. The normalized spacial score (nSPS) is 36.9. The van der Waals surface area contributed by atoms with Gasteiger partial charge in [-0.15, -0.1) is 0 Å². The molecule has 0 aromatic heterocycles. The lowest BCUT2D eigenvalue weighted by Gasteiger charge is -2.25. The Hall–Kier alpha value is -2.52. The number of esters is 1. The van der Waals surface area contributed by atoms with Crippen LogP contribution in [0.1, 0.15) is 51.4 Å². The zero-order valence-corrected chi connectivity index (χ0v) is 20.4. The minimum absolute atomic E-state index is 0.0638. The number of allylic oxidation sites excluding steroid dienone is 1. The number of ether oxygens (including phenoxy) is 4. The van der Waals surface area contributed by atoms with Crippen molar-refractivity contribution in [3.05, 3.63) is 60.9 Å². The largest absolute Gasteiger partial charge is 0.493 e. The van der Waals surface area contributed by atoms with Gasteiger partial charge in [-0.25, -0.2) is 4.79 Å². The Morgan fingerprint density at radius 1 is 1.11 bits per heavy atom. The molecule has 4 aliphatic heterocycles. The van der Waals surface area contributed by atoms with Gasteiger partial charge < -0.3 is 29.2 Å². The van der Waals surface area contributed by atoms with Crippen LogP contribution in [0.15, 0.2) is 60.9 Å². The molecule has 36 heavy (non-hydrogen) atoms. The van der Waals surface area contributed by atoms with Crippen molar-refractivity contribution in [1.29, 1.82) is 0 Å². The highest BCUT2D eigenvalue weighted by Gasteiger charge is 2.46. The highest BCUT2D eigenvalue weighted by molar-refractivity contribution is 5.90. The smallest absolute Gasteiger partial charge is 0.330 e. The summed E-state index contributed by atoms with van der Waals surface area (Å²) in [4.78, 5) is 24.1. The number of rotatable bonds is 3. The number of ketones is 1. The number of carbonyl (C=O) groups excluding carboxylic acids is 2. The predicted molar refractivity (Wildman–Crippen MR) is 132 cm³/mol. The summed E-state index contributed by atoms with van der Waals surface area (Å²) in [7, 11) is 0. The maximum Gasteiger partial charge on any atom is 0.330 e. The van der Waals surface area contributed by atoms with E-state index in [1.807, 2.05) is 6.08 Å². The third-order valence-electron chi connectivity index (χ3n) is 6.84. The summed E-state index contributed by atoms with van der Waals surface area (Å²) < 4.78 is 22.8. The van der Waals surface area contributed by atoms with Crippen molar-refractivity contribution in [2.24, 2.45) is 0 Å². The Kier molecular flexibility index (Phi) is 9.31. The summed E-state index contributed by atoms with van der Waals surface area (Å²) in [6.07, 6.45) is 13.9. The van der Waals surface area contributed by atoms with Gasteiger partial charge in [0.25, 0.3) is 0 Å². The van der Waals surface area contributed by atoms with Crippen LogP contribution in [-0.4, -0.2) is 70.8 Å². The molecule has 1 fully saturated rings. The SMILES string of the molecule is C=C1CCC[C@@H]2CC=C[C@@H](CC=CC(=O)OC([C@@H](O)C=CC3CC(=O)C=CO3)C[C@@H]3O[C@H]3[C@@H](O)C1)O2. The lowest BCUT2D eigenvalue weighted by Crippen LogP contribution is -2.32. The van der Waals surface area contributed by atoms with Crippen LogP contribution in [0, 0.1) is 0 Å². The number of epoxide rings is 1. The fourth-order valence-electron chi connectivity index (χ4n) is 4.81. The number of carbonyl (C=O) groups is 2. The standard InChI is InChI=1S/C28H36O8/c1-18-5-2-6-20-7-3-8-21(34-20)9-4-10-27(32)35-25(17-26-28(36-26)24(31)15-18)23(30)12-11-22-16-19(29)13-14-33-22/h3-4,8,10-14,20-26,28,30-31H,1-2,5-7,9,15-17H2/t20-,21+,22?,23+,24+,25?,26+,28+/m1/s1. The Morgan fingerprint density at radius 2 is 1.97 bits per heavy atom. The predicted octanol–water partition coefficient (Wildman–Crippen LogP) is 3.00. The van der Waals surface area contributed by atoms with Gasteiger partial charge in [-0.1, -0.05) is 36.5 Å². The van der Waals surface area contributed by atoms with Crippen LogP contribution >= 0.6 is 0 Å². The third-order valence-corrected chi connectivity index (χ3v) is 6.84. The van der Waals surface area contributed by atoms with Crippen LogP contribution in [0.2, 0.25) is 0 Å². The average molecular weight is 501 g/mol. The summed E-state index contributed by atoms with van der Waals surface area (Å²) in [6, 6.07) is 0. The van der Waals surface area contributed by atoms with E-state index in [9.17, 15) is 19.8 Å². The molecule has 0 spiro atoms. The number of fused-ring (bicyclic) bond motifs is 3. The molecule has 2 unspecified atom stereocenters. The van der Waals surface area contributed by atoms with Crippen molar-refractivity contribution in [3.8, 4) is 0 Å². The minimum atomic E-state index is -1.14. The molecule has 4 heterocycles. The van der Waals surface area contributed by atoms with E-state index in [2.05, 4.69) is 12.7 Å². The fraction of sp³-hybridized carbons (Fsp3) is 0.571. The number of aliphatic hydroxyl groups is 2. The van der Waals surface area contributed by atoms with Crippen LogP contribution < -0.4 is 0 Å². The number of aliphatic hydroxyl groups excluding tert-OH is 2. The number of hydrogen-bond donors (Lipinski definition) is 2. The van der Waals surface area contributed by atoms with E-state index in [0.717, 1.165) is 31.3 Å². The minimum Gasteiger partial charge on any atom is -0.493 e. The molecule has 8 heteroatoms. The Bertz CT molecular complexity index is 919. The summed E-state index contributed by atoms with van der Waals surface area (Å²) in [5.74, 6) is -0.644. The van der Waals surface area contributed by atoms with Crippen LogP contribution in [0.4, 0.5) is 0 Å². The fourth-order valence-corrected chi connectivity index (χ4v) is 4.81. The van der Waals surface area contributed by atoms with Crippen molar-refractivity contribution < 1.29 is 38.7 Å². The first kappa shape index (κ1) is 26.5. The van der Waals surface area contributed by atoms with Crippen LogP contribution in [0.3, 0.4) is 0 Å². The van der Waals surface area contributed by atoms with Gasteiger partial charge in [-0.05, 0) is 44.6 Å². The zero-order chi connectivity index (χ0) is 25.5. The van der Waals surface area contributed by atoms with Crippen molar-refractivity contribution in [2.75, 3.05) is 0 Å². The molecule has 0 radical (unpaired) electrons. The molecular formula is C28H36O8. The summed E-state index contributed by atoms with van der Waals surface area (Å²) >= 11 is 0. The van der Waals surface area contributed by atoms with Gasteiger partial charge >= 0.3 is 5.97 Å². The van der Waals surface area contributed by atoms with Gasteiger partial charge in [0.1, 0.15) is 24.4 Å². The van der Waals surface area contributed by atoms with E-state index in [1.165, 1.54) is 24.5 Å². The van der Waals surface area contributed by atoms with Gasteiger partial charge in [0, 0.05) is 18.6 Å². The molecule has 2 bridgehead atoms. The van der Waals surface area contributed by atoms with Gasteiger partial charge in [-0.3, -0.25) is 4.79 Å². The molecule has 0 aromatic rings. The molecule has 4 aliphatic rings. The van der Waals surface area contributed by atoms with Crippen LogP contribution in [0.5, 0.6) is 0 Å². The summed E-state index contributed by atoms with van der Waals surface area (Å²) in [6.45, 7) is 4.12. The van der Waals surface area contributed by atoms with E-state index in [4.69, 9.17) is 18.9 Å². The monoisotopic (exact) mass is 500 g/mol. The second-order valence-corrected chi connectivity index (χ2v) is 9.89. The van der Waals surface area contributed by atoms with Gasteiger partial charge in [0.15, 0.2) is 5.78 Å². The van der Waals surface area contributed by atoms with Crippen molar-refractivity contribution in [1.82, 2.24) is 0 Å². The summed E-state index contributed by atoms with van der Waals surface area (Å²) in [5, 5.41) is 21.4. The molecule has 2 N–H and O–H groups in total. The maximum absolute atomic E-state index is 12.6. The maximum atomic E-state index is 12.6. The molecular weight excluding hydrogens is 464 g/mol. The van der Waals surface area contributed by atoms with E-state index in [-0.39, 0.29) is 36.9 Å². The first-order valence-electron chi connectivity index (χ1n) is 12.8. The Morgan fingerprint density at radius 3 is 2.81 bits per heavy atom. The van der Waals surface area contributed by atoms with Gasteiger partial charge in [0.05, 0.1) is 37.1 Å². The van der Waals surface area contributed by atoms with Gasteiger partial charge in [-0.2, -0.15) is 0 Å². The topological polar surface area (TPSA) is 115 Å². The first-order valence-corrected chi connectivity index (χ1v) is 12.8. The van der Waals surface area contributed by atoms with Crippen LogP contribution in [-0.2, 0) is 28.5 Å². The van der Waals surface area contributed by atoms with E-state index >= 15 is 0 Å². The highest BCUT2D eigenvalue weighted by Crippen LogP contribution is 2.34. The lowest BCUT2D eigenvalue weighted by molar-refractivity contribution is -0.148. The lowest BCUT2D eigenvalue weighted by atomic mass is 9.97. The molecule has 4 rings (SSSR count). The van der Waals surface area contributed by atoms with Gasteiger partial charge in [0.2, 0.25) is 0 Å².